The highest BCUT2D eigenvalue weighted by atomic mass is 16.3. The topological polar surface area (TPSA) is 59.5 Å². The van der Waals surface area contributed by atoms with Gasteiger partial charge in [0.25, 0.3) is 5.91 Å². The lowest BCUT2D eigenvalue weighted by atomic mass is 10.2. The highest BCUT2D eigenvalue weighted by Gasteiger charge is 2.15. The lowest BCUT2D eigenvalue weighted by Crippen LogP contribution is -2.25. The predicted octanol–water partition coefficient (Wildman–Crippen LogP) is 2.44. The number of rotatable bonds is 3. The third kappa shape index (κ3) is 2.71. The Morgan fingerprint density at radius 3 is 2.44 bits per heavy atom. The van der Waals surface area contributed by atoms with E-state index < -0.39 is 0 Å². The number of benzene rings is 1. The molecule has 18 heavy (non-hydrogen) atoms. The summed E-state index contributed by atoms with van der Waals surface area (Å²) in [7, 11) is 1.75. The van der Waals surface area contributed by atoms with Gasteiger partial charge in [-0.3, -0.25) is 4.79 Å². The van der Waals surface area contributed by atoms with Gasteiger partial charge in [-0.1, -0.05) is 12.1 Å². The van der Waals surface area contributed by atoms with Crippen LogP contribution in [0, 0.1) is 6.92 Å². The van der Waals surface area contributed by atoms with E-state index in [2.05, 4.69) is 0 Å². The predicted molar refractivity (Wildman–Crippen MR) is 70.1 cm³/mol. The number of furan rings is 1. The molecule has 4 heteroatoms. The number of anilines is 1. The molecule has 0 spiro atoms. The zero-order valence-electron chi connectivity index (χ0n) is 10.5. The van der Waals surface area contributed by atoms with Crippen LogP contribution in [0.1, 0.15) is 21.9 Å². The van der Waals surface area contributed by atoms with Crippen molar-refractivity contribution in [1.82, 2.24) is 4.90 Å². The molecule has 1 amide bonds. The summed E-state index contributed by atoms with van der Waals surface area (Å²) in [6, 6.07) is 10.9. The first-order valence-corrected chi connectivity index (χ1v) is 5.72. The first-order valence-electron chi connectivity index (χ1n) is 5.72. The standard InChI is InChI=1S/C14H16N2O2/c1-10-3-8-13(18-10)14(17)16(2)9-11-4-6-12(15)7-5-11/h3-8H,9,15H2,1-2H3. The number of hydrogen-bond donors (Lipinski definition) is 1. The SMILES string of the molecule is Cc1ccc(C(=O)N(C)Cc2ccc(N)cc2)o1. The van der Waals surface area contributed by atoms with E-state index in [1.807, 2.05) is 31.2 Å². The second kappa shape index (κ2) is 4.96. The van der Waals surface area contributed by atoms with E-state index in [9.17, 15) is 4.79 Å². The normalized spacial score (nSPS) is 10.3. The highest BCUT2D eigenvalue weighted by molar-refractivity contribution is 5.91. The Kier molecular flexibility index (Phi) is 3.37. The molecular formula is C14H16N2O2. The summed E-state index contributed by atoms with van der Waals surface area (Å²) in [5.74, 6) is 0.976. The van der Waals surface area contributed by atoms with E-state index in [4.69, 9.17) is 10.2 Å². The van der Waals surface area contributed by atoms with Crippen LogP contribution in [0.25, 0.3) is 0 Å². The number of nitrogens with two attached hydrogens (primary N) is 1. The summed E-state index contributed by atoms with van der Waals surface area (Å²) >= 11 is 0. The lowest BCUT2D eigenvalue weighted by molar-refractivity contribution is 0.0752. The molecule has 0 saturated heterocycles. The van der Waals surface area contributed by atoms with Gasteiger partial charge in [-0.25, -0.2) is 0 Å². The monoisotopic (exact) mass is 244 g/mol. The van der Waals surface area contributed by atoms with Crippen molar-refractivity contribution in [2.75, 3.05) is 12.8 Å². The molecule has 0 atom stereocenters. The quantitative estimate of drug-likeness (QED) is 0.844. The highest BCUT2D eigenvalue weighted by Crippen LogP contribution is 2.12. The van der Waals surface area contributed by atoms with Crippen LogP contribution >= 0.6 is 0 Å². The van der Waals surface area contributed by atoms with Crippen molar-refractivity contribution in [2.45, 2.75) is 13.5 Å². The van der Waals surface area contributed by atoms with Crippen LogP contribution in [-0.2, 0) is 6.54 Å². The van der Waals surface area contributed by atoms with Crippen LogP contribution in [0.5, 0.6) is 0 Å². The van der Waals surface area contributed by atoms with Crippen LogP contribution in [-0.4, -0.2) is 17.9 Å². The Morgan fingerprint density at radius 2 is 1.89 bits per heavy atom. The number of aryl methyl sites for hydroxylation is 1. The average molecular weight is 244 g/mol. The smallest absolute Gasteiger partial charge is 0.289 e. The molecule has 2 aromatic rings. The van der Waals surface area contributed by atoms with Crippen molar-refractivity contribution in [1.29, 1.82) is 0 Å². The zero-order valence-corrected chi connectivity index (χ0v) is 10.5. The van der Waals surface area contributed by atoms with Crippen molar-refractivity contribution in [3.8, 4) is 0 Å². The molecule has 0 fully saturated rings. The maximum Gasteiger partial charge on any atom is 0.289 e. The molecule has 0 aliphatic heterocycles. The molecule has 0 radical (unpaired) electrons. The Morgan fingerprint density at radius 1 is 1.22 bits per heavy atom. The second-order valence-electron chi connectivity index (χ2n) is 4.31. The maximum atomic E-state index is 12.0. The van der Waals surface area contributed by atoms with Gasteiger partial charge >= 0.3 is 0 Å². The zero-order chi connectivity index (χ0) is 13.1. The van der Waals surface area contributed by atoms with Crippen LogP contribution in [0.2, 0.25) is 0 Å². The van der Waals surface area contributed by atoms with E-state index in [1.54, 1.807) is 24.1 Å². The molecule has 0 saturated carbocycles. The Bertz CT molecular complexity index is 543. The number of nitrogens with zero attached hydrogens (tertiary/aromatic N) is 1. The molecule has 1 aromatic carbocycles. The fourth-order valence-electron chi connectivity index (χ4n) is 1.71. The average Bonchev–Trinajstić information content (AvgIpc) is 2.78. The number of carbonyl (C=O) groups excluding carboxylic acids is 1. The molecule has 1 aromatic heterocycles. The molecule has 94 valence electrons. The summed E-state index contributed by atoms with van der Waals surface area (Å²) in [6.07, 6.45) is 0. The van der Waals surface area contributed by atoms with Crippen molar-refractivity contribution in [3.63, 3.8) is 0 Å². The van der Waals surface area contributed by atoms with Gasteiger partial charge in [0.2, 0.25) is 0 Å². The van der Waals surface area contributed by atoms with Crippen LogP contribution in [0.3, 0.4) is 0 Å². The van der Waals surface area contributed by atoms with Gasteiger partial charge in [-0.15, -0.1) is 0 Å². The van der Waals surface area contributed by atoms with Gasteiger partial charge in [0.1, 0.15) is 5.76 Å². The van der Waals surface area contributed by atoms with E-state index in [-0.39, 0.29) is 5.91 Å². The van der Waals surface area contributed by atoms with Crippen molar-refractivity contribution < 1.29 is 9.21 Å². The molecule has 0 aliphatic carbocycles. The van der Waals surface area contributed by atoms with Gasteiger partial charge in [-0.05, 0) is 36.8 Å². The fourth-order valence-corrected chi connectivity index (χ4v) is 1.71. The largest absolute Gasteiger partial charge is 0.456 e. The molecule has 0 unspecified atom stereocenters. The number of hydrogen-bond acceptors (Lipinski definition) is 3. The lowest BCUT2D eigenvalue weighted by Gasteiger charge is -2.15. The van der Waals surface area contributed by atoms with Gasteiger partial charge in [0.15, 0.2) is 5.76 Å². The summed E-state index contributed by atoms with van der Waals surface area (Å²) < 4.78 is 5.31. The third-order valence-corrected chi connectivity index (χ3v) is 2.70. The van der Waals surface area contributed by atoms with E-state index in [0.717, 1.165) is 17.0 Å². The van der Waals surface area contributed by atoms with E-state index in [1.165, 1.54) is 0 Å². The first kappa shape index (κ1) is 12.2. The van der Waals surface area contributed by atoms with Crippen molar-refractivity contribution in [2.24, 2.45) is 0 Å². The summed E-state index contributed by atoms with van der Waals surface area (Å²) in [4.78, 5) is 13.7. The molecule has 4 nitrogen and oxygen atoms in total. The molecule has 2 rings (SSSR count). The van der Waals surface area contributed by atoms with Gasteiger partial charge in [-0.2, -0.15) is 0 Å². The van der Waals surface area contributed by atoms with Crippen LogP contribution in [0.4, 0.5) is 5.69 Å². The summed E-state index contributed by atoms with van der Waals surface area (Å²) in [5.41, 5.74) is 7.36. The van der Waals surface area contributed by atoms with Gasteiger partial charge in [0.05, 0.1) is 0 Å². The van der Waals surface area contributed by atoms with Crippen LogP contribution in [0.15, 0.2) is 40.8 Å². The van der Waals surface area contributed by atoms with Crippen molar-refractivity contribution >= 4 is 11.6 Å². The molecular weight excluding hydrogens is 228 g/mol. The maximum absolute atomic E-state index is 12.0. The van der Waals surface area contributed by atoms with Gasteiger partial charge in [0, 0.05) is 19.3 Å². The number of nitrogen functional groups attached to an aromatic ring is 1. The summed E-state index contributed by atoms with van der Waals surface area (Å²) in [6.45, 7) is 2.34. The number of amides is 1. The molecule has 2 N–H and O–H groups in total. The van der Waals surface area contributed by atoms with E-state index >= 15 is 0 Å². The first-order chi connectivity index (χ1) is 8.56. The number of carbonyl (C=O) groups is 1. The Hall–Kier alpha value is -2.23. The summed E-state index contributed by atoms with van der Waals surface area (Å²) in [5, 5.41) is 0. The second-order valence-corrected chi connectivity index (χ2v) is 4.31. The Balaban J connectivity index is 2.05. The minimum absolute atomic E-state index is 0.125. The minimum atomic E-state index is -0.125. The molecule has 0 bridgehead atoms. The molecule has 0 aliphatic rings. The van der Waals surface area contributed by atoms with Crippen LogP contribution < -0.4 is 5.73 Å². The van der Waals surface area contributed by atoms with E-state index in [0.29, 0.717) is 12.3 Å². The van der Waals surface area contributed by atoms with Crippen molar-refractivity contribution in [3.05, 3.63) is 53.5 Å². The molecule has 1 heterocycles. The third-order valence-electron chi connectivity index (χ3n) is 2.70. The fraction of sp³-hybridized carbons (Fsp3) is 0.214. The minimum Gasteiger partial charge on any atom is -0.456 e. The van der Waals surface area contributed by atoms with Gasteiger partial charge < -0.3 is 15.1 Å². The Labute approximate surface area is 106 Å².